The molecule has 0 atom stereocenters. The average Bonchev–Trinajstić information content (AvgIpc) is 2.27. The van der Waals surface area contributed by atoms with E-state index >= 15 is 0 Å². The predicted molar refractivity (Wildman–Crippen MR) is 61.7 cm³/mol. The van der Waals surface area contributed by atoms with E-state index in [4.69, 9.17) is 0 Å². The van der Waals surface area contributed by atoms with Gasteiger partial charge in [0.25, 0.3) is 0 Å². The van der Waals surface area contributed by atoms with E-state index in [0.717, 1.165) is 11.6 Å². The minimum atomic E-state index is -0.562. The van der Waals surface area contributed by atoms with Gasteiger partial charge in [-0.2, -0.15) is 0 Å². The van der Waals surface area contributed by atoms with Crippen molar-refractivity contribution < 1.29 is 8.78 Å². The van der Waals surface area contributed by atoms with Crippen LogP contribution in [0.1, 0.15) is 11.1 Å². The summed E-state index contributed by atoms with van der Waals surface area (Å²) in [6.45, 7) is 0. The Morgan fingerprint density at radius 1 is 0.688 bits per heavy atom. The molecule has 0 saturated carbocycles. The smallest absolute Gasteiger partial charge is 0.126 e. The van der Waals surface area contributed by atoms with Crippen LogP contribution in [0, 0.1) is 11.6 Å². The van der Waals surface area contributed by atoms with Crippen LogP contribution >= 0.6 is 0 Å². The average molecular weight is 216 g/mol. The topological polar surface area (TPSA) is 0 Å². The third-order valence-electron chi connectivity index (χ3n) is 2.15. The molecule has 0 aromatic heterocycles. The van der Waals surface area contributed by atoms with Gasteiger partial charge in [-0.1, -0.05) is 42.5 Å². The Hall–Kier alpha value is -1.96. The van der Waals surface area contributed by atoms with Gasteiger partial charge in [-0.15, -0.1) is 0 Å². The first kappa shape index (κ1) is 10.6. The second-order valence-electron chi connectivity index (χ2n) is 3.45. The maximum absolute atomic E-state index is 12.9. The molecule has 0 radical (unpaired) electrons. The van der Waals surface area contributed by atoms with Crippen LogP contribution in [-0.2, 0) is 0 Å². The van der Waals surface area contributed by atoms with Gasteiger partial charge in [0.15, 0.2) is 0 Å². The van der Waals surface area contributed by atoms with E-state index in [2.05, 4.69) is 0 Å². The first-order valence-corrected chi connectivity index (χ1v) is 4.93. The molecule has 80 valence electrons. The Kier molecular flexibility index (Phi) is 3.10. The van der Waals surface area contributed by atoms with Crippen LogP contribution in [0.15, 0.2) is 48.5 Å². The Morgan fingerprint density at radius 2 is 1.25 bits per heavy atom. The number of halogens is 2. The molecule has 0 spiro atoms. The van der Waals surface area contributed by atoms with Crippen LogP contribution in [0.3, 0.4) is 0 Å². The largest absolute Gasteiger partial charge is 0.207 e. The van der Waals surface area contributed by atoms with Gasteiger partial charge < -0.3 is 0 Å². The molecule has 0 fully saturated rings. The monoisotopic (exact) mass is 216 g/mol. The van der Waals surface area contributed by atoms with Crippen LogP contribution < -0.4 is 0 Å². The molecule has 0 bridgehead atoms. The van der Waals surface area contributed by atoms with Gasteiger partial charge in [-0.25, -0.2) is 8.78 Å². The van der Waals surface area contributed by atoms with Crippen LogP contribution in [0.4, 0.5) is 8.78 Å². The van der Waals surface area contributed by atoms with Crippen molar-refractivity contribution in [1.82, 2.24) is 0 Å². The van der Waals surface area contributed by atoms with E-state index in [-0.39, 0.29) is 0 Å². The molecule has 2 aromatic rings. The third kappa shape index (κ3) is 2.76. The molecular weight excluding hydrogens is 206 g/mol. The molecule has 16 heavy (non-hydrogen) atoms. The van der Waals surface area contributed by atoms with Gasteiger partial charge in [0, 0.05) is 6.07 Å². The lowest BCUT2D eigenvalue weighted by Gasteiger charge is -1.96. The first-order chi connectivity index (χ1) is 7.74. The summed E-state index contributed by atoms with van der Waals surface area (Å²) in [7, 11) is 0. The van der Waals surface area contributed by atoms with Gasteiger partial charge in [-0.3, -0.25) is 0 Å². The zero-order valence-corrected chi connectivity index (χ0v) is 8.53. The summed E-state index contributed by atoms with van der Waals surface area (Å²) in [4.78, 5) is 0. The SMILES string of the molecule is Fc1cc(F)cc(C=Cc2ccccc2)c1. The van der Waals surface area contributed by atoms with Crippen LogP contribution in [-0.4, -0.2) is 0 Å². The Bertz CT molecular complexity index is 481. The Labute approximate surface area is 92.9 Å². The number of benzene rings is 2. The molecule has 0 aliphatic heterocycles. The third-order valence-corrected chi connectivity index (χ3v) is 2.15. The van der Waals surface area contributed by atoms with E-state index in [1.54, 1.807) is 6.08 Å². The lowest BCUT2D eigenvalue weighted by atomic mass is 10.1. The van der Waals surface area contributed by atoms with Gasteiger partial charge in [-0.05, 0) is 23.3 Å². The van der Waals surface area contributed by atoms with Crippen molar-refractivity contribution in [2.75, 3.05) is 0 Å². The minimum Gasteiger partial charge on any atom is -0.207 e. The predicted octanol–water partition coefficient (Wildman–Crippen LogP) is 4.14. The number of hydrogen-bond acceptors (Lipinski definition) is 0. The minimum absolute atomic E-state index is 0.515. The summed E-state index contributed by atoms with van der Waals surface area (Å²) in [5, 5.41) is 0. The molecule has 2 heteroatoms. The highest BCUT2D eigenvalue weighted by atomic mass is 19.1. The van der Waals surface area contributed by atoms with E-state index in [1.807, 2.05) is 36.4 Å². The highest BCUT2D eigenvalue weighted by Gasteiger charge is 1.96. The highest BCUT2D eigenvalue weighted by molar-refractivity contribution is 5.69. The molecule has 0 heterocycles. The van der Waals surface area contributed by atoms with E-state index < -0.39 is 11.6 Å². The number of hydrogen-bond donors (Lipinski definition) is 0. The van der Waals surface area contributed by atoms with Gasteiger partial charge in [0.2, 0.25) is 0 Å². The second kappa shape index (κ2) is 4.71. The van der Waals surface area contributed by atoms with E-state index in [1.165, 1.54) is 12.1 Å². The van der Waals surface area contributed by atoms with Crippen molar-refractivity contribution in [3.05, 3.63) is 71.3 Å². The van der Waals surface area contributed by atoms with Crippen molar-refractivity contribution in [3.8, 4) is 0 Å². The summed E-state index contributed by atoms with van der Waals surface area (Å²) in [5.74, 6) is -1.12. The quantitative estimate of drug-likeness (QED) is 0.662. The zero-order chi connectivity index (χ0) is 11.4. The lowest BCUT2D eigenvalue weighted by Crippen LogP contribution is -1.81. The molecular formula is C14H10F2. The normalized spacial score (nSPS) is 10.9. The fraction of sp³-hybridized carbons (Fsp3) is 0. The summed E-state index contributed by atoms with van der Waals surface area (Å²) in [6.07, 6.45) is 3.50. The Morgan fingerprint density at radius 3 is 1.88 bits per heavy atom. The van der Waals surface area contributed by atoms with Gasteiger partial charge in [0.1, 0.15) is 11.6 Å². The van der Waals surface area contributed by atoms with Crippen molar-refractivity contribution in [2.24, 2.45) is 0 Å². The summed E-state index contributed by atoms with van der Waals surface area (Å²) in [6, 6.07) is 13.0. The van der Waals surface area contributed by atoms with Gasteiger partial charge in [0.05, 0.1) is 0 Å². The molecule has 0 nitrogen and oxygen atoms in total. The van der Waals surface area contributed by atoms with Crippen molar-refractivity contribution in [1.29, 1.82) is 0 Å². The molecule has 0 aliphatic carbocycles. The fourth-order valence-corrected chi connectivity index (χ4v) is 1.43. The highest BCUT2D eigenvalue weighted by Crippen LogP contribution is 2.11. The maximum atomic E-state index is 12.9. The van der Waals surface area contributed by atoms with E-state index in [9.17, 15) is 8.78 Å². The van der Waals surface area contributed by atoms with Crippen molar-refractivity contribution in [3.63, 3.8) is 0 Å². The van der Waals surface area contributed by atoms with Crippen LogP contribution in [0.25, 0.3) is 12.2 Å². The summed E-state index contributed by atoms with van der Waals surface area (Å²) in [5.41, 5.74) is 1.51. The molecule has 0 saturated heterocycles. The van der Waals surface area contributed by atoms with E-state index in [0.29, 0.717) is 5.56 Å². The second-order valence-corrected chi connectivity index (χ2v) is 3.45. The van der Waals surface area contributed by atoms with Crippen molar-refractivity contribution in [2.45, 2.75) is 0 Å². The molecule has 2 rings (SSSR count). The molecule has 0 aliphatic rings. The Balaban J connectivity index is 2.24. The molecule has 0 N–H and O–H groups in total. The summed E-state index contributed by atoms with van der Waals surface area (Å²) < 4.78 is 25.8. The van der Waals surface area contributed by atoms with Gasteiger partial charge >= 0.3 is 0 Å². The zero-order valence-electron chi connectivity index (χ0n) is 8.53. The molecule has 2 aromatic carbocycles. The summed E-state index contributed by atoms with van der Waals surface area (Å²) >= 11 is 0. The maximum Gasteiger partial charge on any atom is 0.126 e. The van der Waals surface area contributed by atoms with Crippen LogP contribution in [0.5, 0.6) is 0 Å². The molecule has 0 amide bonds. The number of rotatable bonds is 2. The first-order valence-electron chi connectivity index (χ1n) is 4.93. The fourth-order valence-electron chi connectivity index (χ4n) is 1.43. The lowest BCUT2D eigenvalue weighted by molar-refractivity contribution is 0.583. The van der Waals surface area contributed by atoms with Crippen LogP contribution in [0.2, 0.25) is 0 Å². The van der Waals surface area contributed by atoms with Crippen molar-refractivity contribution >= 4 is 12.2 Å². The standard InChI is InChI=1S/C14H10F2/c15-13-8-12(9-14(16)10-13)7-6-11-4-2-1-3-5-11/h1-10H. The molecule has 0 unspecified atom stereocenters.